The predicted octanol–water partition coefficient (Wildman–Crippen LogP) is 0.329. The Hall–Kier alpha value is -1.00. The molecule has 1 saturated heterocycles. The lowest BCUT2D eigenvalue weighted by Gasteiger charge is -2.30. The van der Waals surface area contributed by atoms with E-state index in [0.29, 0.717) is 22.6 Å². The van der Waals surface area contributed by atoms with Crippen molar-refractivity contribution in [1.82, 2.24) is 15.1 Å². The molecule has 0 saturated carbocycles. The van der Waals surface area contributed by atoms with Gasteiger partial charge in [0.25, 0.3) is 0 Å². The molecule has 2 heterocycles. The average Bonchev–Trinajstić information content (AvgIpc) is 2.89. The quantitative estimate of drug-likeness (QED) is 0.621. The van der Waals surface area contributed by atoms with Gasteiger partial charge in [-0.1, -0.05) is 23.1 Å². The topological polar surface area (TPSA) is 98.4 Å². The molecule has 1 atom stereocenters. The van der Waals surface area contributed by atoms with E-state index in [1.807, 2.05) is 0 Å². The van der Waals surface area contributed by atoms with E-state index in [1.54, 1.807) is 4.90 Å². The number of amides is 1. The number of hydrogen-bond acceptors (Lipinski definition) is 9. The lowest BCUT2D eigenvalue weighted by atomic mass is 10.3. The highest BCUT2D eigenvalue weighted by Crippen LogP contribution is 2.25. The molecule has 10 heteroatoms. The van der Waals surface area contributed by atoms with Crippen molar-refractivity contribution in [2.45, 2.75) is 9.59 Å². The number of thioether (sulfide) groups is 2. The molecule has 0 aromatic carbocycles. The van der Waals surface area contributed by atoms with Crippen molar-refractivity contribution in [1.29, 1.82) is 0 Å². The first-order chi connectivity index (χ1) is 9.60. The normalized spacial score (nSPS) is 18.9. The number of carbonyl (C=O) groups is 2. The van der Waals surface area contributed by atoms with E-state index < -0.39 is 0 Å². The molecule has 0 radical (unpaired) electrons. The van der Waals surface area contributed by atoms with Crippen LogP contribution in [0.2, 0.25) is 0 Å². The van der Waals surface area contributed by atoms with Crippen LogP contribution >= 0.6 is 34.9 Å². The number of methoxy groups -OCH3 is 1. The van der Waals surface area contributed by atoms with E-state index in [-0.39, 0.29) is 22.9 Å². The number of nitrogen functional groups attached to an aromatic ring is 1. The molecule has 1 aromatic rings. The largest absolute Gasteiger partial charge is 0.468 e. The van der Waals surface area contributed by atoms with E-state index in [0.717, 1.165) is 5.75 Å². The van der Waals surface area contributed by atoms with Crippen molar-refractivity contribution in [2.75, 3.05) is 37.4 Å². The fourth-order valence-corrected chi connectivity index (χ4v) is 4.31. The summed E-state index contributed by atoms with van der Waals surface area (Å²) >= 11 is 4.09. The summed E-state index contributed by atoms with van der Waals surface area (Å²) in [6.07, 6.45) is 0. The third-order valence-electron chi connectivity index (χ3n) is 2.62. The molecule has 0 bridgehead atoms. The Balaban J connectivity index is 1.84. The van der Waals surface area contributed by atoms with Gasteiger partial charge in [0.1, 0.15) is 5.25 Å². The van der Waals surface area contributed by atoms with Crippen LogP contribution in [0.5, 0.6) is 0 Å². The van der Waals surface area contributed by atoms with Crippen LogP contribution in [0.25, 0.3) is 0 Å². The SMILES string of the molecule is COC(=O)[C@@H]1CN(C(=O)CSc2nnc(N)s2)CCS1. The van der Waals surface area contributed by atoms with Crippen molar-refractivity contribution in [3.8, 4) is 0 Å². The second-order valence-corrected chi connectivity index (χ2v) is 7.46. The summed E-state index contributed by atoms with van der Waals surface area (Å²) in [6.45, 7) is 1.05. The molecular weight excluding hydrogens is 320 g/mol. The van der Waals surface area contributed by atoms with E-state index >= 15 is 0 Å². The van der Waals surface area contributed by atoms with Gasteiger partial charge in [0.2, 0.25) is 11.0 Å². The van der Waals surface area contributed by atoms with Crippen molar-refractivity contribution in [2.24, 2.45) is 0 Å². The van der Waals surface area contributed by atoms with E-state index in [1.165, 1.54) is 42.0 Å². The third-order valence-corrected chi connectivity index (χ3v) is 5.66. The summed E-state index contributed by atoms with van der Waals surface area (Å²) in [7, 11) is 1.36. The number of nitrogens with two attached hydrogens (primary N) is 1. The molecule has 7 nitrogen and oxygen atoms in total. The van der Waals surface area contributed by atoms with E-state index in [9.17, 15) is 9.59 Å². The third kappa shape index (κ3) is 4.00. The maximum atomic E-state index is 12.1. The van der Waals surface area contributed by atoms with Gasteiger partial charge in [-0.05, 0) is 0 Å². The van der Waals surface area contributed by atoms with Gasteiger partial charge in [0, 0.05) is 18.8 Å². The number of ether oxygens (including phenoxy) is 1. The lowest BCUT2D eigenvalue weighted by molar-refractivity contribution is -0.141. The predicted molar refractivity (Wildman–Crippen MR) is 79.9 cm³/mol. The summed E-state index contributed by atoms with van der Waals surface area (Å²) in [4.78, 5) is 25.3. The smallest absolute Gasteiger partial charge is 0.320 e. The molecule has 0 aliphatic carbocycles. The van der Waals surface area contributed by atoms with E-state index in [4.69, 9.17) is 10.5 Å². The summed E-state index contributed by atoms with van der Waals surface area (Å²) < 4.78 is 5.39. The second-order valence-electron chi connectivity index (χ2n) is 3.92. The molecule has 0 spiro atoms. The van der Waals surface area contributed by atoms with Crippen LogP contribution in [0.3, 0.4) is 0 Å². The minimum absolute atomic E-state index is 0.0158. The van der Waals surface area contributed by atoms with Crippen LogP contribution in [-0.2, 0) is 14.3 Å². The van der Waals surface area contributed by atoms with E-state index in [2.05, 4.69) is 10.2 Å². The Morgan fingerprint density at radius 2 is 2.35 bits per heavy atom. The molecule has 1 aromatic heterocycles. The highest BCUT2D eigenvalue weighted by molar-refractivity contribution is 8.01. The molecule has 110 valence electrons. The Morgan fingerprint density at radius 1 is 1.55 bits per heavy atom. The average molecular weight is 334 g/mol. The molecule has 1 fully saturated rings. The number of aromatic nitrogens is 2. The van der Waals surface area contributed by atoms with Gasteiger partial charge in [-0.15, -0.1) is 22.0 Å². The standard InChI is InChI=1S/C10H14N4O3S3/c1-17-8(16)6-4-14(2-3-18-6)7(15)5-19-10-13-12-9(11)20-10/h6H,2-5H2,1H3,(H2,11,12)/t6-/m0/s1. The highest BCUT2D eigenvalue weighted by atomic mass is 32.2. The van der Waals surface area contributed by atoms with Crippen molar-refractivity contribution >= 4 is 51.9 Å². The first-order valence-corrected chi connectivity index (χ1v) is 8.64. The Kier molecular flexibility index (Phi) is 5.49. The number of carbonyl (C=O) groups excluding carboxylic acids is 2. The zero-order valence-electron chi connectivity index (χ0n) is 10.8. The monoisotopic (exact) mass is 334 g/mol. The number of hydrogen-bond donors (Lipinski definition) is 1. The van der Waals surface area contributed by atoms with Crippen LogP contribution in [0.15, 0.2) is 4.34 Å². The van der Waals surface area contributed by atoms with Crippen LogP contribution in [0, 0.1) is 0 Å². The van der Waals surface area contributed by atoms with Gasteiger partial charge in [0.05, 0.1) is 12.9 Å². The Morgan fingerprint density at radius 3 is 3.00 bits per heavy atom. The number of anilines is 1. The minimum atomic E-state index is -0.292. The number of esters is 1. The maximum Gasteiger partial charge on any atom is 0.320 e. The zero-order valence-corrected chi connectivity index (χ0v) is 13.2. The lowest BCUT2D eigenvalue weighted by Crippen LogP contribution is -2.45. The first-order valence-electron chi connectivity index (χ1n) is 5.79. The fraction of sp³-hybridized carbons (Fsp3) is 0.600. The first kappa shape index (κ1) is 15.4. The summed E-state index contributed by atoms with van der Waals surface area (Å²) in [5, 5.41) is 7.63. The summed E-state index contributed by atoms with van der Waals surface area (Å²) in [5.41, 5.74) is 5.48. The fourth-order valence-electron chi connectivity index (χ4n) is 1.64. The van der Waals surface area contributed by atoms with Crippen LogP contribution in [0.1, 0.15) is 0 Å². The van der Waals surface area contributed by atoms with Gasteiger partial charge in [-0.25, -0.2) is 0 Å². The Labute approximate surface area is 128 Å². The molecule has 1 amide bonds. The molecule has 2 N–H and O–H groups in total. The highest BCUT2D eigenvalue weighted by Gasteiger charge is 2.29. The van der Waals surface area contributed by atoms with Crippen LogP contribution in [0.4, 0.5) is 5.13 Å². The van der Waals surface area contributed by atoms with Crippen molar-refractivity contribution < 1.29 is 14.3 Å². The maximum absolute atomic E-state index is 12.1. The van der Waals surface area contributed by atoms with Crippen LogP contribution in [-0.4, -0.2) is 63.9 Å². The van der Waals surface area contributed by atoms with Gasteiger partial charge >= 0.3 is 5.97 Å². The summed E-state index contributed by atoms with van der Waals surface area (Å²) in [5.74, 6) is 0.713. The van der Waals surface area contributed by atoms with Crippen molar-refractivity contribution in [3.05, 3.63) is 0 Å². The molecule has 2 rings (SSSR count). The number of rotatable bonds is 4. The van der Waals surface area contributed by atoms with Crippen molar-refractivity contribution in [3.63, 3.8) is 0 Å². The molecule has 1 aliphatic heterocycles. The molecule has 20 heavy (non-hydrogen) atoms. The van der Waals surface area contributed by atoms with Gasteiger partial charge in [-0.3, -0.25) is 9.59 Å². The Bertz CT molecular complexity index is 496. The van der Waals surface area contributed by atoms with Gasteiger partial charge in [0.15, 0.2) is 4.34 Å². The second kappa shape index (κ2) is 7.14. The zero-order chi connectivity index (χ0) is 14.5. The molecule has 0 unspecified atom stereocenters. The molecular formula is C10H14N4O3S3. The summed E-state index contributed by atoms with van der Waals surface area (Å²) in [6, 6.07) is 0. The van der Waals surface area contributed by atoms with Crippen LogP contribution < -0.4 is 5.73 Å². The van der Waals surface area contributed by atoms with Gasteiger partial charge in [-0.2, -0.15) is 0 Å². The van der Waals surface area contributed by atoms with Gasteiger partial charge < -0.3 is 15.4 Å². The molecule has 1 aliphatic rings. The number of nitrogens with zero attached hydrogens (tertiary/aromatic N) is 3. The minimum Gasteiger partial charge on any atom is -0.468 e.